The minimum atomic E-state index is 0.392. The molecule has 13 heavy (non-hydrogen) atoms. The van der Waals surface area contributed by atoms with Gasteiger partial charge >= 0.3 is 0 Å². The Labute approximate surface area is 80.6 Å². The summed E-state index contributed by atoms with van der Waals surface area (Å²) in [6, 6.07) is 8.43. The summed E-state index contributed by atoms with van der Waals surface area (Å²) in [6.07, 6.45) is 0. The van der Waals surface area contributed by atoms with Crippen LogP contribution in [0.1, 0.15) is 11.1 Å². The average Bonchev–Trinajstić information content (AvgIpc) is 2.17. The highest BCUT2D eigenvalue weighted by atomic mass is 32.1. The number of hydrogen-bond donors (Lipinski definition) is 0. The number of rotatable bonds is 1. The summed E-state index contributed by atoms with van der Waals surface area (Å²) in [5.41, 5.74) is 1.26. The first-order valence-electron chi connectivity index (χ1n) is 3.33. The van der Waals surface area contributed by atoms with E-state index in [0.29, 0.717) is 16.8 Å². The Morgan fingerprint density at radius 3 is 2.00 bits per heavy atom. The molecule has 4 heteroatoms. The lowest BCUT2D eigenvalue weighted by Crippen LogP contribution is -1.78. The zero-order chi connectivity index (χ0) is 9.68. The lowest BCUT2D eigenvalue weighted by molar-refractivity contribution is 1.43. The van der Waals surface area contributed by atoms with Gasteiger partial charge in [0.05, 0.1) is 34.1 Å². The van der Waals surface area contributed by atoms with Crippen LogP contribution in [-0.2, 0) is 0 Å². The molecule has 0 amide bonds. The molecule has 0 aliphatic carbocycles. The maximum Gasteiger partial charge on any atom is 0.0992 e. The van der Waals surface area contributed by atoms with Gasteiger partial charge in [0.2, 0.25) is 0 Å². The Balaban J connectivity index is 3.34. The first-order valence-corrected chi connectivity index (χ1v) is 3.74. The van der Waals surface area contributed by atoms with E-state index in [1.165, 1.54) is 6.07 Å². The third-order valence-corrected chi connectivity index (χ3v) is 1.44. The molecule has 1 aromatic carbocycles. The van der Waals surface area contributed by atoms with Crippen LogP contribution in [0, 0.1) is 22.7 Å². The van der Waals surface area contributed by atoms with E-state index in [-0.39, 0.29) is 0 Å². The summed E-state index contributed by atoms with van der Waals surface area (Å²) < 4.78 is 0. The number of hydrogen-bond acceptors (Lipinski definition) is 4. The van der Waals surface area contributed by atoms with Crippen LogP contribution in [0.2, 0.25) is 0 Å². The monoisotopic (exact) mass is 185 g/mol. The highest BCUT2D eigenvalue weighted by Crippen LogP contribution is 2.16. The average molecular weight is 185 g/mol. The molecular formula is C9H3N3S. The molecular weight excluding hydrogens is 182 g/mol. The number of nitrogens with zero attached hydrogens (tertiary/aromatic N) is 3. The topological polar surface area (TPSA) is 59.9 Å². The quantitative estimate of drug-likeness (QED) is 0.497. The highest BCUT2D eigenvalue weighted by molar-refractivity contribution is 7.78. The minimum Gasteiger partial charge on any atom is -0.195 e. The van der Waals surface area contributed by atoms with Crippen LogP contribution in [0.15, 0.2) is 23.2 Å². The fourth-order valence-corrected chi connectivity index (χ4v) is 0.963. The molecule has 3 nitrogen and oxygen atoms in total. The predicted molar refractivity (Wildman–Crippen MR) is 50.6 cm³/mol. The van der Waals surface area contributed by atoms with Crippen LogP contribution in [0.3, 0.4) is 0 Å². The zero-order valence-electron chi connectivity index (χ0n) is 6.48. The van der Waals surface area contributed by atoms with Crippen LogP contribution < -0.4 is 0 Å². The standard InChI is InChI=1S/C9H3N3S/c10-4-7-1-8(5-11)3-9(2-7)12-6-13/h1-3H. The lowest BCUT2D eigenvalue weighted by atomic mass is 10.1. The number of isothiocyanates is 1. The lowest BCUT2D eigenvalue weighted by Gasteiger charge is -1.93. The molecule has 0 radical (unpaired) electrons. The summed E-state index contributed by atoms with van der Waals surface area (Å²) in [5.74, 6) is 0. The summed E-state index contributed by atoms with van der Waals surface area (Å²) in [4.78, 5) is 3.69. The van der Waals surface area contributed by atoms with Gasteiger partial charge < -0.3 is 0 Å². The second kappa shape index (κ2) is 4.13. The zero-order valence-corrected chi connectivity index (χ0v) is 7.30. The molecule has 0 aliphatic heterocycles. The highest BCUT2D eigenvalue weighted by Gasteiger charge is 1.98. The largest absolute Gasteiger partial charge is 0.195 e. The van der Waals surface area contributed by atoms with Gasteiger partial charge in [0.25, 0.3) is 0 Å². The first-order chi connectivity index (χ1) is 6.30. The van der Waals surface area contributed by atoms with Gasteiger partial charge in [-0.25, -0.2) is 0 Å². The number of thiocarbonyl (C=S) groups is 1. The Morgan fingerprint density at radius 2 is 1.62 bits per heavy atom. The van der Waals surface area contributed by atoms with Gasteiger partial charge in [0, 0.05) is 0 Å². The summed E-state index contributed by atoms with van der Waals surface area (Å²) >= 11 is 4.41. The fraction of sp³-hybridized carbons (Fsp3) is 0. The van der Waals surface area contributed by atoms with Gasteiger partial charge in [0.1, 0.15) is 0 Å². The Kier molecular flexibility index (Phi) is 2.89. The molecule has 0 spiro atoms. The van der Waals surface area contributed by atoms with Crippen LogP contribution in [0.25, 0.3) is 0 Å². The van der Waals surface area contributed by atoms with E-state index in [0.717, 1.165) is 0 Å². The van der Waals surface area contributed by atoms with Crippen molar-refractivity contribution in [2.75, 3.05) is 0 Å². The van der Waals surface area contributed by atoms with Crippen molar-refractivity contribution in [3.63, 3.8) is 0 Å². The molecule has 0 saturated carbocycles. The van der Waals surface area contributed by atoms with Gasteiger partial charge in [-0.05, 0) is 30.4 Å². The van der Waals surface area contributed by atoms with Crippen LogP contribution in [0.5, 0.6) is 0 Å². The Morgan fingerprint density at radius 1 is 1.08 bits per heavy atom. The first kappa shape index (κ1) is 9.09. The van der Waals surface area contributed by atoms with Crippen LogP contribution in [-0.4, -0.2) is 5.16 Å². The smallest absolute Gasteiger partial charge is 0.0992 e. The fourth-order valence-electron chi connectivity index (χ4n) is 0.858. The van der Waals surface area contributed by atoms with Gasteiger partial charge in [-0.2, -0.15) is 15.5 Å². The van der Waals surface area contributed by atoms with Crippen molar-refractivity contribution in [3.8, 4) is 12.1 Å². The molecule has 0 unspecified atom stereocenters. The van der Waals surface area contributed by atoms with Crippen molar-refractivity contribution in [1.82, 2.24) is 0 Å². The van der Waals surface area contributed by atoms with Crippen LogP contribution in [0.4, 0.5) is 5.69 Å². The maximum absolute atomic E-state index is 8.60. The summed E-state index contributed by atoms with van der Waals surface area (Å²) in [6.45, 7) is 0. The van der Waals surface area contributed by atoms with Gasteiger partial charge in [0.15, 0.2) is 0 Å². The SMILES string of the molecule is N#Cc1cc(C#N)cc(N=C=S)c1. The third kappa shape index (κ3) is 2.21. The molecule has 0 atom stereocenters. The minimum absolute atomic E-state index is 0.392. The third-order valence-electron chi connectivity index (χ3n) is 1.35. The summed E-state index contributed by atoms with van der Waals surface area (Å²) in [5, 5.41) is 19.4. The van der Waals surface area contributed by atoms with Crippen molar-refractivity contribution in [1.29, 1.82) is 10.5 Å². The van der Waals surface area contributed by atoms with E-state index < -0.39 is 0 Å². The molecule has 0 aliphatic rings. The van der Waals surface area contributed by atoms with E-state index in [2.05, 4.69) is 22.4 Å². The van der Waals surface area contributed by atoms with Crippen LogP contribution >= 0.6 is 12.2 Å². The van der Waals surface area contributed by atoms with E-state index in [1.807, 2.05) is 12.1 Å². The molecule has 0 aromatic heterocycles. The number of benzene rings is 1. The van der Waals surface area contributed by atoms with E-state index in [1.54, 1.807) is 12.1 Å². The molecule has 0 N–H and O–H groups in total. The second-order valence-corrected chi connectivity index (χ2v) is 2.38. The molecule has 0 fully saturated rings. The molecule has 0 saturated heterocycles. The van der Waals surface area contributed by atoms with Gasteiger partial charge in [-0.3, -0.25) is 0 Å². The molecule has 60 valence electrons. The summed E-state index contributed by atoms with van der Waals surface area (Å²) in [7, 11) is 0. The molecule has 1 rings (SSSR count). The second-order valence-electron chi connectivity index (χ2n) is 2.20. The molecule has 1 aromatic rings. The Bertz CT molecular complexity index is 426. The predicted octanol–water partition coefficient (Wildman–Crippen LogP) is 2.16. The van der Waals surface area contributed by atoms with E-state index in [4.69, 9.17) is 10.5 Å². The van der Waals surface area contributed by atoms with Crippen molar-refractivity contribution in [2.24, 2.45) is 4.99 Å². The van der Waals surface area contributed by atoms with Crippen molar-refractivity contribution < 1.29 is 0 Å². The van der Waals surface area contributed by atoms with Crippen molar-refractivity contribution in [2.45, 2.75) is 0 Å². The normalized spacial score (nSPS) is 7.85. The molecule has 0 heterocycles. The van der Waals surface area contributed by atoms with Crippen molar-refractivity contribution in [3.05, 3.63) is 29.3 Å². The van der Waals surface area contributed by atoms with E-state index in [9.17, 15) is 0 Å². The number of nitriles is 2. The Hall–Kier alpha value is -2.00. The maximum atomic E-state index is 8.60. The molecule has 0 bridgehead atoms. The number of aliphatic imine (C=N–C) groups is 1. The van der Waals surface area contributed by atoms with Gasteiger partial charge in [-0.15, -0.1) is 0 Å². The van der Waals surface area contributed by atoms with E-state index >= 15 is 0 Å². The van der Waals surface area contributed by atoms with Crippen molar-refractivity contribution >= 4 is 23.1 Å². The van der Waals surface area contributed by atoms with Gasteiger partial charge in [-0.1, -0.05) is 0 Å².